The Labute approximate surface area is 193 Å². The Balaban J connectivity index is 2.27. The minimum absolute atomic E-state index is 0.00315. The van der Waals surface area contributed by atoms with Crippen LogP contribution in [-0.2, 0) is 18.4 Å². The molecule has 2 rings (SSSR count). The number of carbonyl (C=O) groups excluding carboxylic acids is 2. The number of benzene rings is 1. The lowest BCUT2D eigenvalue weighted by atomic mass is 10.1. The highest BCUT2D eigenvalue weighted by molar-refractivity contribution is 6.34. The molecule has 0 radical (unpaired) electrons. The maximum Gasteiger partial charge on any atom is 0.270 e. The van der Waals surface area contributed by atoms with Crippen LogP contribution >= 0.6 is 11.6 Å². The summed E-state index contributed by atoms with van der Waals surface area (Å²) < 4.78 is 1.97. The monoisotopic (exact) mass is 462 g/mol. The molecule has 0 saturated carbocycles. The molecule has 0 N–H and O–H groups in total. The first-order chi connectivity index (χ1) is 15.2. The molecule has 32 heavy (non-hydrogen) atoms. The number of nitro groups is 1. The van der Waals surface area contributed by atoms with Crippen molar-refractivity contribution in [2.24, 2.45) is 7.05 Å². The van der Waals surface area contributed by atoms with Gasteiger partial charge >= 0.3 is 0 Å². The van der Waals surface area contributed by atoms with Gasteiger partial charge in [0.15, 0.2) is 0 Å². The molecule has 9 heteroatoms. The van der Waals surface area contributed by atoms with E-state index in [0.29, 0.717) is 19.5 Å². The molecule has 174 valence electrons. The van der Waals surface area contributed by atoms with Crippen molar-refractivity contribution in [2.45, 2.75) is 52.6 Å². The zero-order valence-corrected chi connectivity index (χ0v) is 19.8. The zero-order chi connectivity index (χ0) is 23.8. The van der Waals surface area contributed by atoms with Crippen molar-refractivity contribution in [3.05, 3.63) is 62.9 Å². The first kappa shape index (κ1) is 25.4. The lowest BCUT2D eigenvalue weighted by Gasteiger charge is -2.31. The third kappa shape index (κ3) is 6.32. The van der Waals surface area contributed by atoms with Crippen LogP contribution < -0.4 is 0 Å². The SMILES string of the molecule is CCCCN(Cc1cccn1C)C(=O)CN(C(=O)c1ccc([N+](=O)[O-])cc1Cl)C(C)CC. The highest BCUT2D eigenvalue weighted by Crippen LogP contribution is 2.25. The Morgan fingerprint density at radius 3 is 2.50 bits per heavy atom. The predicted molar refractivity (Wildman–Crippen MR) is 125 cm³/mol. The number of non-ortho nitro benzene ring substituents is 1. The molecule has 0 saturated heterocycles. The van der Waals surface area contributed by atoms with Gasteiger partial charge in [-0.05, 0) is 38.0 Å². The predicted octanol–water partition coefficient (Wildman–Crippen LogP) is 4.66. The van der Waals surface area contributed by atoms with E-state index in [4.69, 9.17) is 11.6 Å². The fraction of sp³-hybridized carbons (Fsp3) is 0.478. The molecular weight excluding hydrogens is 432 g/mol. The summed E-state index contributed by atoms with van der Waals surface area (Å²) in [5, 5.41) is 11.0. The van der Waals surface area contributed by atoms with Crippen LogP contribution in [0.1, 0.15) is 56.1 Å². The van der Waals surface area contributed by atoms with Crippen LogP contribution in [0.25, 0.3) is 0 Å². The van der Waals surface area contributed by atoms with E-state index in [9.17, 15) is 19.7 Å². The molecule has 0 spiro atoms. The van der Waals surface area contributed by atoms with Crippen LogP contribution in [0.2, 0.25) is 5.02 Å². The van der Waals surface area contributed by atoms with Crippen LogP contribution in [0, 0.1) is 10.1 Å². The van der Waals surface area contributed by atoms with Crippen molar-refractivity contribution in [1.82, 2.24) is 14.4 Å². The number of unbranched alkanes of at least 4 members (excludes halogenated alkanes) is 1. The maximum atomic E-state index is 13.3. The van der Waals surface area contributed by atoms with Gasteiger partial charge in [0, 0.05) is 43.7 Å². The molecule has 1 aromatic heterocycles. The largest absolute Gasteiger partial charge is 0.353 e. The summed E-state index contributed by atoms with van der Waals surface area (Å²) in [5.41, 5.74) is 0.966. The minimum Gasteiger partial charge on any atom is -0.353 e. The molecule has 0 aliphatic rings. The first-order valence-corrected chi connectivity index (χ1v) is 11.2. The van der Waals surface area contributed by atoms with E-state index in [0.717, 1.165) is 24.6 Å². The maximum absolute atomic E-state index is 13.3. The van der Waals surface area contributed by atoms with Gasteiger partial charge in [-0.3, -0.25) is 19.7 Å². The molecule has 0 aliphatic carbocycles. The van der Waals surface area contributed by atoms with Crippen LogP contribution in [0.4, 0.5) is 5.69 Å². The second kappa shape index (κ2) is 11.7. The molecule has 1 heterocycles. The second-order valence-electron chi connectivity index (χ2n) is 7.89. The van der Waals surface area contributed by atoms with Gasteiger partial charge in [-0.25, -0.2) is 0 Å². The Bertz CT molecular complexity index is 959. The van der Waals surface area contributed by atoms with Crippen LogP contribution in [0.3, 0.4) is 0 Å². The van der Waals surface area contributed by atoms with Gasteiger partial charge in [-0.15, -0.1) is 0 Å². The van der Waals surface area contributed by atoms with Crippen LogP contribution in [0.15, 0.2) is 36.5 Å². The molecule has 0 aliphatic heterocycles. The third-order valence-electron chi connectivity index (χ3n) is 5.62. The lowest BCUT2D eigenvalue weighted by molar-refractivity contribution is -0.384. The fourth-order valence-corrected chi connectivity index (χ4v) is 3.59. The Kier molecular flexibility index (Phi) is 9.26. The summed E-state index contributed by atoms with van der Waals surface area (Å²) in [6.07, 6.45) is 4.39. The number of carbonyl (C=O) groups is 2. The van der Waals surface area contributed by atoms with E-state index < -0.39 is 10.8 Å². The van der Waals surface area contributed by atoms with E-state index in [2.05, 4.69) is 6.92 Å². The number of hydrogen-bond acceptors (Lipinski definition) is 4. The van der Waals surface area contributed by atoms with Gasteiger partial charge in [-0.1, -0.05) is 31.9 Å². The van der Waals surface area contributed by atoms with Crippen molar-refractivity contribution in [3.8, 4) is 0 Å². The average Bonchev–Trinajstić information content (AvgIpc) is 3.17. The van der Waals surface area contributed by atoms with E-state index in [-0.39, 0.29) is 34.8 Å². The van der Waals surface area contributed by atoms with Crippen molar-refractivity contribution < 1.29 is 14.5 Å². The van der Waals surface area contributed by atoms with Crippen LogP contribution in [0.5, 0.6) is 0 Å². The van der Waals surface area contributed by atoms with Crippen LogP contribution in [-0.4, -0.2) is 50.2 Å². The highest BCUT2D eigenvalue weighted by atomic mass is 35.5. The lowest BCUT2D eigenvalue weighted by Crippen LogP contribution is -2.46. The molecule has 2 amide bonds. The number of aromatic nitrogens is 1. The molecule has 1 atom stereocenters. The number of nitro benzene ring substituents is 1. The minimum atomic E-state index is -0.564. The number of halogens is 1. The number of nitrogens with zero attached hydrogens (tertiary/aromatic N) is 4. The molecular formula is C23H31ClN4O4. The summed E-state index contributed by atoms with van der Waals surface area (Å²) in [5.74, 6) is -0.562. The van der Waals surface area contributed by atoms with E-state index in [1.807, 2.05) is 43.8 Å². The molecule has 1 aromatic carbocycles. The molecule has 8 nitrogen and oxygen atoms in total. The van der Waals surface area contributed by atoms with E-state index >= 15 is 0 Å². The Hall–Kier alpha value is -2.87. The van der Waals surface area contributed by atoms with Crippen molar-refractivity contribution in [2.75, 3.05) is 13.1 Å². The molecule has 1 unspecified atom stereocenters. The average molecular weight is 463 g/mol. The molecule has 0 bridgehead atoms. The Morgan fingerprint density at radius 1 is 1.25 bits per heavy atom. The summed E-state index contributed by atoms with van der Waals surface area (Å²) >= 11 is 6.19. The summed E-state index contributed by atoms with van der Waals surface area (Å²) in [4.78, 5) is 40.3. The van der Waals surface area contributed by atoms with Gasteiger partial charge in [0.25, 0.3) is 11.6 Å². The van der Waals surface area contributed by atoms with Crippen molar-refractivity contribution >= 4 is 29.1 Å². The summed E-state index contributed by atoms with van der Waals surface area (Å²) in [6.45, 7) is 6.85. The highest BCUT2D eigenvalue weighted by Gasteiger charge is 2.27. The molecule has 0 fully saturated rings. The number of rotatable bonds is 11. The third-order valence-corrected chi connectivity index (χ3v) is 5.93. The van der Waals surface area contributed by atoms with Gasteiger partial charge < -0.3 is 14.4 Å². The van der Waals surface area contributed by atoms with E-state index in [1.165, 1.54) is 17.0 Å². The van der Waals surface area contributed by atoms with Crippen molar-refractivity contribution in [3.63, 3.8) is 0 Å². The number of amides is 2. The standard InChI is InChI=1S/C23H31ClN4O4/c1-5-7-13-26(15-19-9-8-12-25(19)4)22(29)16-27(17(3)6-2)23(30)20-11-10-18(28(31)32)14-21(20)24/h8-12,14,17H,5-7,13,15-16H2,1-4H3. The molecule has 2 aromatic rings. The van der Waals surface area contributed by atoms with Gasteiger partial charge in [0.1, 0.15) is 6.54 Å². The van der Waals surface area contributed by atoms with Crippen molar-refractivity contribution in [1.29, 1.82) is 0 Å². The summed E-state index contributed by atoms with van der Waals surface area (Å²) in [6, 6.07) is 7.46. The van der Waals surface area contributed by atoms with E-state index in [1.54, 1.807) is 4.90 Å². The zero-order valence-electron chi connectivity index (χ0n) is 19.1. The van der Waals surface area contributed by atoms with Gasteiger partial charge in [-0.2, -0.15) is 0 Å². The normalized spacial score (nSPS) is 11.8. The quantitative estimate of drug-likeness (QED) is 0.359. The Morgan fingerprint density at radius 2 is 1.97 bits per heavy atom. The number of aryl methyl sites for hydroxylation is 1. The van der Waals surface area contributed by atoms with Gasteiger partial charge in [0.05, 0.1) is 22.1 Å². The number of hydrogen-bond donors (Lipinski definition) is 0. The smallest absolute Gasteiger partial charge is 0.270 e. The second-order valence-corrected chi connectivity index (χ2v) is 8.30. The summed E-state index contributed by atoms with van der Waals surface area (Å²) in [7, 11) is 1.93. The first-order valence-electron chi connectivity index (χ1n) is 10.8. The topological polar surface area (TPSA) is 88.7 Å². The fourth-order valence-electron chi connectivity index (χ4n) is 3.34. The van der Waals surface area contributed by atoms with Gasteiger partial charge in [0.2, 0.25) is 5.91 Å².